The number of fused-ring (bicyclic) bond motifs is 2. The van der Waals surface area contributed by atoms with Gasteiger partial charge in [0.2, 0.25) is 5.91 Å². The van der Waals surface area contributed by atoms with Crippen molar-refractivity contribution in [2.75, 3.05) is 20.3 Å². The van der Waals surface area contributed by atoms with Crippen molar-refractivity contribution in [3.63, 3.8) is 0 Å². The highest BCUT2D eigenvalue weighted by Gasteiger charge is 2.34. The Hall–Kier alpha value is -2.95. The lowest BCUT2D eigenvalue weighted by Crippen LogP contribution is -2.41. The molecule has 1 aliphatic rings. The van der Waals surface area contributed by atoms with E-state index in [0.717, 1.165) is 28.0 Å². The molecule has 0 atom stereocenters. The number of hydrogen-bond acceptors (Lipinski definition) is 4. The smallest absolute Gasteiger partial charge is 0.232 e. The summed E-state index contributed by atoms with van der Waals surface area (Å²) >= 11 is 0. The zero-order valence-corrected chi connectivity index (χ0v) is 15.8. The summed E-state index contributed by atoms with van der Waals surface area (Å²) in [7, 11) is 1.80. The summed E-state index contributed by atoms with van der Waals surface area (Å²) in [6.07, 6.45) is 0. The lowest BCUT2D eigenvalue weighted by atomic mass is 9.83. The molecule has 0 aliphatic carbocycles. The van der Waals surface area contributed by atoms with Gasteiger partial charge in [-0.3, -0.25) is 4.79 Å². The maximum Gasteiger partial charge on any atom is 0.232 e. The first-order chi connectivity index (χ1) is 12.9. The second-order valence-corrected chi connectivity index (χ2v) is 7.40. The van der Waals surface area contributed by atoms with Crippen molar-refractivity contribution in [2.24, 2.45) is 0 Å². The molecule has 0 N–H and O–H groups in total. The van der Waals surface area contributed by atoms with Crippen molar-refractivity contribution in [1.82, 2.24) is 4.90 Å². The van der Waals surface area contributed by atoms with Gasteiger partial charge in [-0.25, -0.2) is 0 Å². The standard InChI is InChI=1S/C22H23NO4/c1-22(2,16-8-9-19-20(13-16)26-11-10-25-19)21(24)23(3)14-17-12-15-6-4-5-7-18(15)27-17/h4-9,12-13H,10-11,14H2,1-3H3. The van der Waals surface area contributed by atoms with Gasteiger partial charge in [0.25, 0.3) is 0 Å². The number of likely N-dealkylation sites (N-methyl/N-ethyl adjacent to an activating group) is 1. The fourth-order valence-corrected chi connectivity index (χ4v) is 3.45. The van der Waals surface area contributed by atoms with E-state index >= 15 is 0 Å². The first kappa shape index (κ1) is 17.5. The molecule has 3 aromatic rings. The van der Waals surface area contributed by atoms with Crippen LogP contribution >= 0.6 is 0 Å². The molecule has 2 aromatic carbocycles. The third kappa shape index (κ3) is 3.25. The molecule has 0 unspecified atom stereocenters. The van der Waals surface area contributed by atoms with Crippen LogP contribution in [0.15, 0.2) is 52.9 Å². The van der Waals surface area contributed by atoms with E-state index in [1.54, 1.807) is 11.9 Å². The molecular weight excluding hydrogens is 342 g/mol. The van der Waals surface area contributed by atoms with E-state index in [1.807, 2.05) is 62.4 Å². The fourth-order valence-electron chi connectivity index (χ4n) is 3.45. The minimum atomic E-state index is -0.698. The molecule has 0 radical (unpaired) electrons. The Balaban J connectivity index is 1.54. The summed E-state index contributed by atoms with van der Waals surface area (Å²) in [4.78, 5) is 14.9. The summed E-state index contributed by atoms with van der Waals surface area (Å²) in [6.45, 7) is 5.35. The molecule has 0 fully saturated rings. The van der Waals surface area contributed by atoms with Crippen LogP contribution in [0.5, 0.6) is 11.5 Å². The van der Waals surface area contributed by atoms with Gasteiger partial charge in [0.1, 0.15) is 24.6 Å². The molecule has 4 rings (SSSR count). The summed E-state index contributed by atoms with van der Waals surface area (Å²) in [6, 6.07) is 15.5. The number of ether oxygens (including phenoxy) is 2. The number of nitrogens with zero attached hydrogens (tertiary/aromatic N) is 1. The molecular formula is C22H23NO4. The van der Waals surface area contributed by atoms with Crippen LogP contribution < -0.4 is 9.47 Å². The van der Waals surface area contributed by atoms with Crippen molar-refractivity contribution in [2.45, 2.75) is 25.8 Å². The molecule has 27 heavy (non-hydrogen) atoms. The Bertz CT molecular complexity index is 956. The number of rotatable bonds is 4. The van der Waals surface area contributed by atoms with Crippen molar-refractivity contribution >= 4 is 16.9 Å². The predicted molar refractivity (Wildman–Crippen MR) is 103 cm³/mol. The summed E-state index contributed by atoms with van der Waals surface area (Å²) in [5, 5.41) is 1.04. The molecule has 140 valence electrons. The molecule has 0 saturated carbocycles. The van der Waals surface area contributed by atoms with Crippen LogP contribution in [0.2, 0.25) is 0 Å². The topological polar surface area (TPSA) is 51.9 Å². The zero-order valence-electron chi connectivity index (χ0n) is 15.8. The monoisotopic (exact) mass is 365 g/mol. The molecule has 0 spiro atoms. The van der Waals surface area contributed by atoms with Gasteiger partial charge in [0.15, 0.2) is 11.5 Å². The molecule has 0 saturated heterocycles. The van der Waals surface area contributed by atoms with Crippen LogP contribution in [0.4, 0.5) is 0 Å². The van der Waals surface area contributed by atoms with Gasteiger partial charge < -0.3 is 18.8 Å². The molecule has 1 aliphatic heterocycles. The van der Waals surface area contributed by atoms with Crippen LogP contribution in [0.3, 0.4) is 0 Å². The summed E-state index contributed by atoms with van der Waals surface area (Å²) in [5.74, 6) is 2.20. The molecule has 1 amide bonds. The third-order valence-corrected chi connectivity index (χ3v) is 5.01. The van der Waals surface area contributed by atoms with Gasteiger partial charge in [-0.15, -0.1) is 0 Å². The average Bonchev–Trinajstić information content (AvgIpc) is 3.09. The van der Waals surface area contributed by atoms with E-state index in [-0.39, 0.29) is 5.91 Å². The van der Waals surface area contributed by atoms with Crippen molar-refractivity contribution < 1.29 is 18.7 Å². The Morgan fingerprint density at radius 3 is 2.56 bits per heavy atom. The van der Waals surface area contributed by atoms with E-state index < -0.39 is 5.41 Å². The van der Waals surface area contributed by atoms with Gasteiger partial charge in [0, 0.05) is 12.4 Å². The normalized spacial score (nSPS) is 13.6. The lowest BCUT2D eigenvalue weighted by molar-refractivity contribution is -0.135. The number of carbonyl (C=O) groups excluding carboxylic acids is 1. The minimum Gasteiger partial charge on any atom is -0.486 e. The number of amides is 1. The minimum absolute atomic E-state index is 0.0135. The number of furan rings is 1. The second kappa shape index (κ2) is 6.65. The van der Waals surface area contributed by atoms with Gasteiger partial charge in [0.05, 0.1) is 12.0 Å². The Morgan fingerprint density at radius 2 is 1.78 bits per heavy atom. The molecule has 0 bridgehead atoms. The van der Waals surface area contributed by atoms with Gasteiger partial charge in [-0.1, -0.05) is 24.3 Å². The van der Waals surface area contributed by atoms with E-state index in [9.17, 15) is 4.79 Å². The average molecular weight is 365 g/mol. The number of hydrogen-bond donors (Lipinski definition) is 0. The lowest BCUT2D eigenvalue weighted by Gasteiger charge is -2.30. The highest BCUT2D eigenvalue weighted by Crippen LogP contribution is 2.36. The number of benzene rings is 2. The van der Waals surface area contributed by atoms with E-state index in [0.29, 0.717) is 25.5 Å². The third-order valence-electron chi connectivity index (χ3n) is 5.01. The first-order valence-corrected chi connectivity index (χ1v) is 9.08. The van der Waals surface area contributed by atoms with Crippen LogP contribution in [0, 0.1) is 0 Å². The Labute approximate surface area is 158 Å². The van der Waals surface area contributed by atoms with Crippen LogP contribution in [0.1, 0.15) is 25.2 Å². The van der Waals surface area contributed by atoms with Crippen molar-refractivity contribution in [1.29, 1.82) is 0 Å². The molecule has 2 heterocycles. The number of para-hydroxylation sites is 1. The molecule has 5 nitrogen and oxygen atoms in total. The quantitative estimate of drug-likeness (QED) is 0.697. The van der Waals surface area contributed by atoms with Gasteiger partial charge in [-0.05, 0) is 43.7 Å². The maximum absolute atomic E-state index is 13.2. The van der Waals surface area contributed by atoms with E-state index in [1.165, 1.54) is 0 Å². The van der Waals surface area contributed by atoms with Crippen molar-refractivity contribution in [3.05, 3.63) is 59.9 Å². The second-order valence-electron chi connectivity index (χ2n) is 7.40. The number of carbonyl (C=O) groups is 1. The van der Waals surface area contributed by atoms with Gasteiger partial charge >= 0.3 is 0 Å². The van der Waals surface area contributed by atoms with E-state index in [2.05, 4.69) is 0 Å². The highest BCUT2D eigenvalue weighted by atomic mass is 16.6. The fraction of sp³-hybridized carbons (Fsp3) is 0.318. The molecule has 1 aromatic heterocycles. The molecule has 5 heteroatoms. The summed E-state index contributed by atoms with van der Waals surface area (Å²) < 4.78 is 17.1. The van der Waals surface area contributed by atoms with Crippen LogP contribution in [0.25, 0.3) is 11.0 Å². The predicted octanol–water partition coefficient (Wildman–Crippen LogP) is 4.14. The summed E-state index contributed by atoms with van der Waals surface area (Å²) in [5.41, 5.74) is 1.03. The SMILES string of the molecule is CN(Cc1cc2ccccc2o1)C(=O)C(C)(C)c1ccc2c(c1)OCCO2. The largest absolute Gasteiger partial charge is 0.486 e. The van der Waals surface area contributed by atoms with Crippen LogP contribution in [-0.2, 0) is 16.8 Å². The highest BCUT2D eigenvalue weighted by molar-refractivity contribution is 5.87. The zero-order chi connectivity index (χ0) is 19.0. The van der Waals surface area contributed by atoms with E-state index in [4.69, 9.17) is 13.9 Å². The maximum atomic E-state index is 13.2. The van der Waals surface area contributed by atoms with Crippen LogP contribution in [-0.4, -0.2) is 31.1 Å². The Morgan fingerprint density at radius 1 is 1.04 bits per heavy atom. The first-order valence-electron chi connectivity index (χ1n) is 9.08. The Kier molecular flexibility index (Phi) is 4.30. The van der Waals surface area contributed by atoms with Crippen molar-refractivity contribution in [3.8, 4) is 11.5 Å². The van der Waals surface area contributed by atoms with Gasteiger partial charge in [-0.2, -0.15) is 0 Å².